The molecule has 0 radical (unpaired) electrons. The van der Waals surface area contributed by atoms with Gasteiger partial charge in [0, 0.05) is 12.6 Å². The molecule has 1 aromatic heterocycles. The number of carbonyl (C=O) groups excluding carboxylic acids is 2. The van der Waals surface area contributed by atoms with Crippen LogP contribution in [0.1, 0.15) is 41.7 Å². The Labute approximate surface area is 148 Å². The number of benzene rings is 1. The zero-order valence-electron chi connectivity index (χ0n) is 14.0. The molecule has 0 atom stereocenters. The van der Waals surface area contributed by atoms with Gasteiger partial charge in [0.25, 0.3) is 5.91 Å². The van der Waals surface area contributed by atoms with Crippen LogP contribution in [-0.2, 0) is 17.4 Å². The van der Waals surface area contributed by atoms with Crippen LogP contribution in [0.15, 0.2) is 36.5 Å². The van der Waals surface area contributed by atoms with Crippen molar-refractivity contribution in [1.29, 1.82) is 0 Å². The summed E-state index contributed by atoms with van der Waals surface area (Å²) >= 11 is 0. The Morgan fingerprint density at radius 1 is 1.19 bits per heavy atom. The Bertz CT molecular complexity index is 772. The molecule has 2 aromatic rings. The minimum absolute atomic E-state index is 0.0299. The van der Waals surface area contributed by atoms with Crippen molar-refractivity contribution in [2.24, 2.45) is 0 Å². The number of halogens is 2. The molecular formula is C17H19F2N5O2. The molecular weight excluding hydrogens is 344 g/mol. The van der Waals surface area contributed by atoms with Crippen molar-refractivity contribution < 1.29 is 18.4 Å². The van der Waals surface area contributed by atoms with Crippen LogP contribution in [0.5, 0.6) is 0 Å². The van der Waals surface area contributed by atoms with Gasteiger partial charge < -0.3 is 10.6 Å². The molecule has 0 saturated heterocycles. The first-order valence-corrected chi connectivity index (χ1v) is 8.40. The Hall–Kier alpha value is -2.84. The molecule has 0 spiro atoms. The van der Waals surface area contributed by atoms with Gasteiger partial charge in [0.05, 0.1) is 6.20 Å². The fraction of sp³-hybridized carbons (Fsp3) is 0.412. The van der Waals surface area contributed by atoms with Crippen LogP contribution in [-0.4, -0.2) is 32.9 Å². The number of amides is 2. The summed E-state index contributed by atoms with van der Waals surface area (Å²) in [5, 5.41) is 11.6. The van der Waals surface area contributed by atoms with Crippen LogP contribution in [0.2, 0.25) is 0 Å². The van der Waals surface area contributed by atoms with Gasteiger partial charge in [-0.1, -0.05) is 48.4 Å². The normalized spacial score (nSPS) is 15.0. The maximum Gasteiger partial charge on any atom is 0.423 e. The molecule has 1 aliphatic carbocycles. The number of alkyl halides is 2. The van der Waals surface area contributed by atoms with Gasteiger partial charge in [-0.15, -0.1) is 5.10 Å². The zero-order valence-corrected chi connectivity index (χ0v) is 14.0. The predicted molar refractivity (Wildman–Crippen MR) is 88.2 cm³/mol. The summed E-state index contributed by atoms with van der Waals surface area (Å²) in [5.41, 5.74) is 0.444. The molecule has 3 rings (SSSR count). The highest BCUT2D eigenvalue weighted by Gasteiger charge is 2.42. The monoisotopic (exact) mass is 363 g/mol. The fourth-order valence-corrected chi connectivity index (χ4v) is 2.82. The summed E-state index contributed by atoms with van der Waals surface area (Å²) < 4.78 is 28.6. The maximum absolute atomic E-state index is 14.3. The highest BCUT2D eigenvalue weighted by molar-refractivity contribution is 5.92. The molecule has 0 aliphatic heterocycles. The first kappa shape index (κ1) is 18.0. The second-order valence-corrected chi connectivity index (χ2v) is 6.21. The van der Waals surface area contributed by atoms with Crippen molar-refractivity contribution in [3.05, 3.63) is 47.8 Å². The quantitative estimate of drug-likeness (QED) is 0.819. The number of carbonyl (C=O) groups is 2. The van der Waals surface area contributed by atoms with E-state index in [1.54, 1.807) is 30.3 Å². The topological polar surface area (TPSA) is 88.9 Å². The number of aromatic nitrogens is 3. The maximum atomic E-state index is 14.3. The number of rotatable bonds is 6. The molecule has 0 bridgehead atoms. The van der Waals surface area contributed by atoms with Gasteiger partial charge in [0.1, 0.15) is 0 Å². The van der Waals surface area contributed by atoms with E-state index in [0.717, 1.165) is 31.9 Å². The fourth-order valence-electron chi connectivity index (χ4n) is 2.82. The van der Waals surface area contributed by atoms with Crippen LogP contribution in [0, 0.1) is 0 Å². The first-order valence-electron chi connectivity index (χ1n) is 8.40. The van der Waals surface area contributed by atoms with E-state index in [-0.39, 0.29) is 23.0 Å². The van der Waals surface area contributed by atoms with E-state index in [2.05, 4.69) is 20.9 Å². The van der Waals surface area contributed by atoms with Crippen molar-refractivity contribution >= 4 is 11.8 Å². The van der Waals surface area contributed by atoms with Gasteiger partial charge in [0.2, 0.25) is 0 Å². The van der Waals surface area contributed by atoms with Crippen LogP contribution in [0.3, 0.4) is 0 Å². The third-order valence-corrected chi connectivity index (χ3v) is 4.27. The molecule has 2 N–H and O–H groups in total. The number of hydrogen-bond acceptors (Lipinski definition) is 4. The third kappa shape index (κ3) is 4.04. The lowest BCUT2D eigenvalue weighted by Gasteiger charge is -2.15. The number of nitrogens with zero attached hydrogens (tertiary/aromatic N) is 3. The Morgan fingerprint density at radius 3 is 2.58 bits per heavy atom. The Balaban J connectivity index is 1.62. The van der Waals surface area contributed by atoms with Gasteiger partial charge in [-0.05, 0) is 18.4 Å². The highest BCUT2D eigenvalue weighted by Crippen LogP contribution is 2.21. The summed E-state index contributed by atoms with van der Waals surface area (Å²) in [4.78, 5) is 23.9. The lowest BCUT2D eigenvalue weighted by molar-refractivity contribution is -0.164. The van der Waals surface area contributed by atoms with E-state index >= 15 is 0 Å². The summed E-state index contributed by atoms with van der Waals surface area (Å²) in [5.74, 6) is -2.09. The molecule has 2 amide bonds. The van der Waals surface area contributed by atoms with E-state index in [1.165, 1.54) is 0 Å². The van der Waals surface area contributed by atoms with E-state index in [1.807, 2.05) is 0 Å². The van der Waals surface area contributed by atoms with Gasteiger partial charge >= 0.3 is 12.0 Å². The van der Waals surface area contributed by atoms with Gasteiger partial charge in [0.15, 0.2) is 5.69 Å². The highest BCUT2D eigenvalue weighted by atomic mass is 19.3. The zero-order chi connectivity index (χ0) is 18.6. The summed E-state index contributed by atoms with van der Waals surface area (Å²) in [7, 11) is 0. The molecule has 9 heteroatoms. The SMILES string of the molecule is O=C(NC1CCCC1)c1cn(C(F)(F)C(=O)NCc2ccccc2)nn1. The number of hydrogen-bond donors (Lipinski definition) is 2. The molecule has 1 aromatic carbocycles. The van der Waals surface area contributed by atoms with Crippen LogP contribution in [0.25, 0.3) is 0 Å². The van der Waals surface area contributed by atoms with Gasteiger partial charge in [-0.2, -0.15) is 13.5 Å². The van der Waals surface area contributed by atoms with Crippen LogP contribution >= 0.6 is 0 Å². The molecule has 1 saturated carbocycles. The largest absolute Gasteiger partial charge is 0.423 e. The average molecular weight is 363 g/mol. The third-order valence-electron chi connectivity index (χ3n) is 4.27. The minimum Gasteiger partial charge on any atom is -0.348 e. The summed E-state index contributed by atoms with van der Waals surface area (Å²) in [6.07, 6.45) is 4.55. The van der Waals surface area contributed by atoms with Gasteiger partial charge in [-0.3, -0.25) is 9.59 Å². The lowest BCUT2D eigenvalue weighted by Crippen LogP contribution is -2.42. The Kier molecular flexibility index (Phi) is 5.24. The second kappa shape index (κ2) is 7.59. The molecule has 1 heterocycles. The lowest BCUT2D eigenvalue weighted by atomic mass is 10.2. The second-order valence-electron chi connectivity index (χ2n) is 6.21. The first-order chi connectivity index (χ1) is 12.5. The van der Waals surface area contributed by atoms with Crippen molar-refractivity contribution in [2.45, 2.75) is 44.3 Å². The van der Waals surface area contributed by atoms with Crippen LogP contribution in [0.4, 0.5) is 8.78 Å². The number of nitrogens with one attached hydrogen (secondary N) is 2. The van der Waals surface area contributed by atoms with E-state index < -0.39 is 17.9 Å². The van der Waals surface area contributed by atoms with Crippen molar-refractivity contribution in [3.8, 4) is 0 Å². The van der Waals surface area contributed by atoms with Gasteiger partial charge in [-0.25, -0.2) is 0 Å². The minimum atomic E-state index is -3.95. The predicted octanol–water partition coefficient (Wildman–Crippen LogP) is 1.82. The van der Waals surface area contributed by atoms with Crippen molar-refractivity contribution in [1.82, 2.24) is 25.6 Å². The molecule has 0 unspecified atom stereocenters. The van der Waals surface area contributed by atoms with Crippen molar-refractivity contribution in [3.63, 3.8) is 0 Å². The molecule has 1 aliphatic rings. The van der Waals surface area contributed by atoms with Crippen molar-refractivity contribution in [2.75, 3.05) is 0 Å². The Morgan fingerprint density at radius 2 is 1.88 bits per heavy atom. The van der Waals surface area contributed by atoms with E-state index in [0.29, 0.717) is 5.56 Å². The summed E-state index contributed by atoms with van der Waals surface area (Å²) in [6.45, 7) is -0.0427. The molecule has 26 heavy (non-hydrogen) atoms. The molecule has 1 fully saturated rings. The summed E-state index contributed by atoms with van der Waals surface area (Å²) in [6, 6.07) is 4.76. The average Bonchev–Trinajstić information content (AvgIpc) is 3.32. The smallest absolute Gasteiger partial charge is 0.348 e. The van der Waals surface area contributed by atoms with E-state index in [9.17, 15) is 18.4 Å². The van der Waals surface area contributed by atoms with Crippen LogP contribution < -0.4 is 10.6 Å². The standard InChI is InChI=1S/C17H19F2N5O2/c18-17(19,16(26)20-10-12-6-2-1-3-7-12)24-11-14(22-23-24)15(25)21-13-8-4-5-9-13/h1-3,6-7,11,13H,4-5,8-10H2,(H,20,26)(H,21,25). The molecule has 138 valence electrons. The molecule has 7 nitrogen and oxygen atoms in total. The van der Waals surface area contributed by atoms with E-state index in [4.69, 9.17) is 0 Å².